The summed E-state index contributed by atoms with van der Waals surface area (Å²) in [6.07, 6.45) is 3.21. The van der Waals surface area contributed by atoms with Gasteiger partial charge in [0, 0.05) is 11.6 Å². The molecule has 0 N–H and O–H groups in total. The first kappa shape index (κ1) is 24.5. The number of ether oxygens (including phenoxy) is 5. The normalized spacial score (nSPS) is 14.9. The second-order valence-corrected chi connectivity index (χ2v) is 7.82. The summed E-state index contributed by atoms with van der Waals surface area (Å²) in [5.74, 6) is -0.502. The van der Waals surface area contributed by atoms with Crippen molar-refractivity contribution in [3.8, 4) is 17.2 Å². The van der Waals surface area contributed by atoms with E-state index < -0.39 is 5.79 Å². The van der Waals surface area contributed by atoms with E-state index in [1.807, 2.05) is 37.3 Å². The average Bonchev–Trinajstić information content (AvgIpc) is 3.23. The Hall–Kier alpha value is -3.16. The molecular formula is C26H30O7. The van der Waals surface area contributed by atoms with Gasteiger partial charge in [0.15, 0.2) is 23.1 Å². The lowest BCUT2D eigenvalue weighted by Crippen LogP contribution is -2.30. The average molecular weight is 455 g/mol. The molecule has 1 aliphatic rings. The third-order valence-electron chi connectivity index (χ3n) is 5.29. The van der Waals surface area contributed by atoms with Crippen molar-refractivity contribution in [3.05, 3.63) is 59.2 Å². The maximum Gasteiger partial charge on any atom is 0.174 e. The maximum absolute atomic E-state index is 13.4. The van der Waals surface area contributed by atoms with Crippen LogP contribution in [0.1, 0.15) is 48.2 Å². The number of hydrogen-bond acceptors (Lipinski definition) is 7. The smallest absolute Gasteiger partial charge is 0.174 e. The molecule has 1 heterocycles. The summed E-state index contributed by atoms with van der Waals surface area (Å²) >= 11 is 0. The quantitative estimate of drug-likeness (QED) is 0.362. The zero-order chi connectivity index (χ0) is 23.8. The molecule has 3 rings (SSSR count). The summed E-state index contributed by atoms with van der Waals surface area (Å²) in [6.45, 7) is 4.64. The lowest BCUT2D eigenvalue weighted by Gasteiger charge is -2.22. The molecule has 7 nitrogen and oxygen atoms in total. The fraction of sp³-hybridized carbons (Fsp3) is 0.385. The zero-order valence-electron chi connectivity index (χ0n) is 19.5. The Kier molecular flexibility index (Phi) is 8.25. The zero-order valence-corrected chi connectivity index (χ0v) is 19.5. The molecule has 0 atom stereocenters. The molecule has 33 heavy (non-hydrogen) atoms. The minimum absolute atomic E-state index is 0.00874. The molecule has 0 saturated carbocycles. The largest absolute Gasteiger partial charge is 0.493 e. The van der Waals surface area contributed by atoms with Gasteiger partial charge in [-0.1, -0.05) is 42.5 Å². The highest BCUT2D eigenvalue weighted by Crippen LogP contribution is 2.41. The van der Waals surface area contributed by atoms with E-state index in [0.717, 1.165) is 5.56 Å². The molecule has 1 saturated heterocycles. The summed E-state index contributed by atoms with van der Waals surface area (Å²) in [5, 5.41) is 0. The number of allylic oxidation sites excluding steroid dienone is 1. The third-order valence-corrected chi connectivity index (χ3v) is 5.29. The highest BCUT2D eigenvalue weighted by molar-refractivity contribution is 6.12. The van der Waals surface area contributed by atoms with Crippen molar-refractivity contribution in [2.75, 3.05) is 27.4 Å². The lowest BCUT2D eigenvalue weighted by molar-refractivity contribution is -0.157. The first-order chi connectivity index (χ1) is 15.9. The lowest BCUT2D eigenvalue weighted by atomic mass is 9.95. The Morgan fingerprint density at radius 2 is 1.76 bits per heavy atom. The Morgan fingerprint density at radius 3 is 2.36 bits per heavy atom. The number of methoxy groups -OCH3 is 2. The van der Waals surface area contributed by atoms with Crippen LogP contribution in [-0.2, 0) is 20.9 Å². The topological polar surface area (TPSA) is 80.3 Å². The van der Waals surface area contributed by atoms with Crippen LogP contribution in [0.2, 0.25) is 0 Å². The molecule has 1 fully saturated rings. The van der Waals surface area contributed by atoms with Crippen molar-refractivity contribution >= 4 is 17.6 Å². The molecular weight excluding hydrogens is 424 g/mol. The van der Waals surface area contributed by atoms with Crippen LogP contribution in [0.5, 0.6) is 17.2 Å². The summed E-state index contributed by atoms with van der Waals surface area (Å²) < 4.78 is 28.1. The van der Waals surface area contributed by atoms with Crippen molar-refractivity contribution in [1.29, 1.82) is 0 Å². The number of ketones is 2. The van der Waals surface area contributed by atoms with Gasteiger partial charge < -0.3 is 23.7 Å². The molecule has 2 aromatic rings. The van der Waals surface area contributed by atoms with Crippen molar-refractivity contribution in [2.24, 2.45) is 0 Å². The van der Waals surface area contributed by atoms with E-state index in [1.54, 1.807) is 25.1 Å². The van der Waals surface area contributed by atoms with Crippen LogP contribution in [0.25, 0.3) is 6.08 Å². The van der Waals surface area contributed by atoms with E-state index in [2.05, 4.69) is 0 Å². The van der Waals surface area contributed by atoms with Crippen LogP contribution in [0.15, 0.2) is 42.5 Å². The van der Waals surface area contributed by atoms with Gasteiger partial charge in [-0.25, -0.2) is 0 Å². The van der Waals surface area contributed by atoms with Crippen molar-refractivity contribution in [3.63, 3.8) is 0 Å². The van der Waals surface area contributed by atoms with E-state index in [-0.39, 0.29) is 36.6 Å². The molecule has 0 spiro atoms. The summed E-state index contributed by atoms with van der Waals surface area (Å²) in [6, 6.07) is 11.2. The minimum Gasteiger partial charge on any atom is -0.493 e. The molecule has 0 amide bonds. The Bertz CT molecular complexity index is 1010. The maximum atomic E-state index is 13.4. The minimum atomic E-state index is -0.992. The number of carbonyl (C=O) groups excluding carboxylic acids is 2. The predicted octanol–water partition coefficient (Wildman–Crippen LogP) is 4.61. The van der Waals surface area contributed by atoms with E-state index in [4.69, 9.17) is 23.7 Å². The van der Waals surface area contributed by atoms with Crippen LogP contribution in [0.4, 0.5) is 0 Å². The number of hydrogen-bond donors (Lipinski definition) is 0. The Morgan fingerprint density at radius 1 is 1.06 bits per heavy atom. The molecule has 0 aromatic heterocycles. The molecule has 176 valence electrons. The third kappa shape index (κ3) is 6.00. The molecule has 0 unspecified atom stereocenters. The summed E-state index contributed by atoms with van der Waals surface area (Å²) in [5.41, 5.74) is 1.71. The highest BCUT2D eigenvalue weighted by atomic mass is 16.7. The van der Waals surface area contributed by atoms with Gasteiger partial charge in [-0.15, -0.1) is 0 Å². The predicted molar refractivity (Wildman–Crippen MR) is 124 cm³/mol. The molecule has 2 aromatic carbocycles. The summed E-state index contributed by atoms with van der Waals surface area (Å²) in [7, 11) is 3.02. The van der Waals surface area contributed by atoms with Gasteiger partial charge in [0.25, 0.3) is 0 Å². The van der Waals surface area contributed by atoms with Gasteiger partial charge in [0.2, 0.25) is 0 Å². The van der Waals surface area contributed by atoms with Crippen LogP contribution in [0.3, 0.4) is 0 Å². The second-order valence-electron chi connectivity index (χ2n) is 7.82. The number of rotatable bonds is 11. The molecule has 0 aliphatic carbocycles. The second kappa shape index (κ2) is 11.1. The highest BCUT2D eigenvalue weighted by Gasteiger charge is 2.35. The standard InChI is InChI=1S/C26H30O7/c1-5-9-20-24(21(28)14-19(27)16-26(2)32-12-13-33-26)22(15-23(29-3)25(20)30-4)31-17-18-10-7-6-8-11-18/h5-11,15H,12-14,16-17H2,1-4H3/b9-5+. The summed E-state index contributed by atoms with van der Waals surface area (Å²) in [4.78, 5) is 26.1. The molecule has 0 radical (unpaired) electrons. The van der Waals surface area contributed by atoms with E-state index in [9.17, 15) is 9.59 Å². The number of Topliss-reactive ketones (excluding diaryl/α,β-unsaturated/α-hetero) is 2. The fourth-order valence-electron chi connectivity index (χ4n) is 3.81. The van der Waals surface area contributed by atoms with E-state index >= 15 is 0 Å². The Labute approximate surface area is 194 Å². The van der Waals surface area contributed by atoms with Crippen LogP contribution in [0, 0.1) is 0 Å². The van der Waals surface area contributed by atoms with Gasteiger partial charge in [0.05, 0.1) is 45.8 Å². The van der Waals surface area contributed by atoms with Crippen LogP contribution >= 0.6 is 0 Å². The van der Waals surface area contributed by atoms with Crippen molar-refractivity contribution in [1.82, 2.24) is 0 Å². The van der Waals surface area contributed by atoms with Crippen molar-refractivity contribution in [2.45, 2.75) is 39.1 Å². The van der Waals surface area contributed by atoms with Gasteiger partial charge >= 0.3 is 0 Å². The number of carbonyl (C=O) groups is 2. The molecule has 7 heteroatoms. The van der Waals surface area contributed by atoms with E-state index in [0.29, 0.717) is 36.0 Å². The molecule has 1 aliphatic heterocycles. The fourth-order valence-corrected chi connectivity index (χ4v) is 3.81. The Balaban J connectivity index is 1.96. The van der Waals surface area contributed by atoms with Gasteiger partial charge in [-0.2, -0.15) is 0 Å². The number of benzene rings is 2. The van der Waals surface area contributed by atoms with Crippen LogP contribution < -0.4 is 14.2 Å². The first-order valence-electron chi connectivity index (χ1n) is 10.8. The van der Waals surface area contributed by atoms with Crippen molar-refractivity contribution < 1.29 is 33.3 Å². The van der Waals surface area contributed by atoms with Crippen LogP contribution in [-0.4, -0.2) is 44.8 Å². The van der Waals surface area contributed by atoms with Gasteiger partial charge in [0.1, 0.15) is 18.1 Å². The van der Waals surface area contributed by atoms with Gasteiger partial charge in [-0.3, -0.25) is 9.59 Å². The van der Waals surface area contributed by atoms with E-state index in [1.165, 1.54) is 14.2 Å². The first-order valence-corrected chi connectivity index (χ1v) is 10.8. The van der Waals surface area contributed by atoms with Gasteiger partial charge in [-0.05, 0) is 19.4 Å². The SMILES string of the molecule is C/C=C/c1c(OC)c(OC)cc(OCc2ccccc2)c1C(=O)CC(=O)CC1(C)OCCO1. The molecule has 0 bridgehead atoms. The monoisotopic (exact) mass is 454 g/mol.